The molecule has 1 rings (SSSR count). The minimum atomic E-state index is -3.14. The fourth-order valence-corrected chi connectivity index (χ4v) is 2.61. The van der Waals surface area contributed by atoms with Gasteiger partial charge in [0.25, 0.3) is 0 Å². The third-order valence-electron chi connectivity index (χ3n) is 3.40. The lowest BCUT2D eigenvalue weighted by atomic mass is 10.0. The standard InChI is InChI=1S/C15H23F2NO3S/c1-15(2,3)18(7-8-22(4,20)21)10-14(19)12-6-5-11(16)9-13(12)17/h5-6,9,14,19H,7-8,10H2,1-4H3. The van der Waals surface area contributed by atoms with Gasteiger partial charge < -0.3 is 5.11 Å². The summed E-state index contributed by atoms with van der Waals surface area (Å²) < 4.78 is 49.3. The van der Waals surface area contributed by atoms with Gasteiger partial charge in [-0.3, -0.25) is 4.90 Å². The maximum atomic E-state index is 13.7. The Kier molecular flexibility index (Phi) is 6.06. The molecule has 1 aromatic rings. The summed E-state index contributed by atoms with van der Waals surface area (Å²) in [6.45, 7) is 5.92. The van der Waals surface area contributed by atoms with Crippen molar-refractivity contribution in [3.05, 3.63) is 35.4 Å². The predicted octanol–water partition coefficient (Wildman–Crippen LogP) is 2.14. The van der Waals surface area contributed by atoms with Crippen molar-refractivity contribution in [2.75, 3.05) is 25.1 Å². The van der Waals surface area contributed by atoms with Gasteiger partial charge in [-0.25, -0.2) is 17.2 Å². The summed E-state index contributed by atoms with van der Waals surface area (Å²) in [5.74, 6) is -1.58. The normalized spacial score (nSPS) is 14.4. The molecule has 0 fully saturated rings. The summed E-state index contributed by atoms with van der Waals surface area (Å²) in [4.78, 5) is 1.77. The first kappa shape index (κ1) is 19.0. The van der Waals surface area contributed by atoms with Crippen molar-refractivity contribution in [2.45, 2.75) is 32.4 Å². The first-order valence-corrected chi connectivity index (χ1v) is 9.02. The van der Waals surface area contributed by atoms with Crippen molar-refractivity contribution in [1.29, 1.82) is 0 Å². The fourth-order valence-electron chi connectivity index (χ4n) is 2.06. The van der Waals surface area contributed by atoms with Crippen LogP contribution in [0.4, 0.5) is 8.78 Å². The van der Waals surface area contributed by atoms with E-state index in [9.17, 15) is 22.3 Å². The van der Waals surface area contributed by atoms with Gasteiger partial charge in [0.15, 0.2) is 0 Å². The third kappa shape index (κ3) is 5.98. The molecule has 1 N–H and O–H groups in total. The molecule has 0 aliphatic carbocycles. The predicted molar refractivity (Wildman–Crippen MR) is 82.4 cm³/mol. The number of rotatable bonds is 6. The molecular weight excluding hydrogens is 312 g/mol. The fraction of sp³-hybridized carbons (Fsp3) is 0.600. The molecule has 1 unspecified atom stereocenters. The summed E-state index contributed by atoms with van der Waals surface area (Å²) in [5, 5.41) is 10.2. The Labute approximate surface area is 130 Å². The Balaban J connectivity index is 2.89. The van der Waals surface area contributed by atoms with E-state index in [-0.39, 0.29) is 24.4 Å². The van der Waals surface area contributed by atoms with Crippen LogP contribution in [0.3, 0.4) is 0 Å². The van der Waals surface area contributed by atoms with Crippen LogP contribution in [0.5, 0.6) is 0 Å². The molecule has 22 heavy (non-hydrogen) atoms. The van der Waals surface area contributed by atoms with Crippen LogP contribution in [0.1, 0.15) is 32.4 Å². The van der Waals surface area contributed by atoms with Crippen molar-refractivity contribution in [2.24, 2.45) is 0 Å². The number of halogens is 2. The molecule has 126 valence electrons. The van der Waals surface area contributed by atoms with Crippen LogP contribution >= 0.6 is 0 Å². The molecule has 1 aromatic carbocycles. The van der Waals surface area contributed by atoms with Gasteiger partial charge in [0.05, 0.1) is 11.9 Å². The Morgan fingerprint density at radius 3 is 2.32 bits per heavy atom. The van der Waals surface area contributed by atoms with Gasteiger partial charge in [0.1, 0.15) is 21.5 Å². The number of hydrogen-bond donors (Lipinski definition) is 1. The van der Waals surface area contributed by atoms with Crippen LogP contribution in [-0.2, 0) is 9.84 Å². The van der Waals surface area contributed by atoms with Crippen LogP contribution in [0.25, 0.3) is 0 Å². The maximum Gasteiger partial charge on any atom is 0.148 e. The maximum absolute atomic E-state index is 13.7. The second-order valence-corrected chi connectivity index (χ2v) is 8.69. The highest BCUT2D eigenvalue weighted by atomic mass is 32.2. The van der Waals surface area contributed by atoms with E-state index in [1.807, 2.05) is 20.8 Å². The van der Waals surface area contributed by atoms with E-state index >= 15 is 0 Å². The highest BCUT2D eigenvalue weighted by molar-refractivity contribution is 7.90. The smallest absolute Gasteiger partial charge is 0.148 e. The highest BCUT2D eigenvalue weighted by Gasteiger charge is 2.26. The van der Waals surface area contributed by atoms with Crippen molar-refractivity contribution in [1.82, 2.24) is 4.90 Å². The van der Waals surface area contributed by atoms with E-state index in [1.165, 1.54) is 6.07 Å². The minimum Gasteiger partial charge on any atom is -0.387 e. The monoisotopic (exact) mass is 335 g/mol. The second-order valence-electron chi connectivity index (χ2n) is 6.43. The van der Waals surface area contributed by atoms with E-state index < -0.39 is 33.1 Å². The largest absolute Gasteiger partial charge is 0.387 e. The number of hydrogen-bond acceptors (Lipinski definition) is 4. The van der Waals surface area contributed by atoms with E-state index in [4.69, 9.17) is 0 Å². The van der Waals surface area contributed by atoms with Gasteiger partial charge in [0.2, 0.25) is 0 Å². The lowest BCUT2D eigenvalue weighted by Crippen LogP contribution is -2.46. The zero-order chi connectivity index (χ0) is 17.1. The Hall–Kier alpha value is -1.05. The van der Waals surface area contributed by atoms with Crippen molar-refractivity contribution < 1.29 is 22.3 Å². The van der Waals surface area contributed by atoms with Crippen molar-refractivity contribution >= 4 is 9.84 Å². The second kappa shape index (κ2) is 7.02. The van der Waals surface area contributed by atoms with E-state index in [0.717, 1.165) is 18.4 Å². The lowest BCUT2D eigenvalue weighted by Gasteiger charge is -2.37. The summed E-state index contributed by atoms with van der Waals surface area (Å²) in [7, 11) is -3.14. The molecule has 0 aromatic heterocycles. The molecular formula is C15H23F2NO3S. The van der Waals surface area contributed by atoms with Gasteiger partial charge in [0, 0.05) is 36.5 Å². The van der Waals surface area contributed by atoms with Crippen molar-refractivity contribution in [3.63, 3.8) is 0 Å². The Morgan fingerprint density at radius 1 is 1.27 bits per heavy atom. The first-order chi connectivity index (χ1) is 9.90. The molecule has 0 radical (unpaired) electrons. The quantitative estimate of drug-likeness (QED) is 0.865. The molecule has 0 bridgehead atoms. The summed E-state index contributed by atoms with van der Waals surface area (Å²) in [5.41, 5.74) is -0.405. The van der Waals surface area contributed by atoms with Gasteiger partial charge in [-0.15, -0.1) is 0 Å². The van der Waals surface area contributed by atoms with Crippen LogP contribution in [0, 0.1) is 11.6 Å². The molecule has 0 aliphatic heterocycles. The van der Waals surface area contributed by atoms with E-state index in [1.54, 1.807) is 4.90 Å². The van der Waals surface area contributed by atoms with Gasteiger partial charge in [-0.2, -0.15) is 0 Å². The summed E-state index contributed by atoms with van der Waals surface area (Å²) in [6.07, 6.45) is -0.0245. The number of β-amino-alcohol motifs (C(OH)–C–C–N with tert-alkyl or cyclic N) is 1. The number of aliphatic hydroxyl groups excluding tert-OH is 1. The van der Waals surface area contributed by atoms with Gasteiger partial charge in [-0.05, 0) is 26.8 Å². The first-order valence-electron chi connectivity index (χ1n) is 6.96. The summed E-state index contributed by atoms with van der Waals surface area (Å²) in [6, 6.07) is 3.00. The topological polar surface area (TPSA) is 57.6 Å². The number of aliphatic hydroxyl groups is 1. The SMILES string of the molecule is CC(C)(C)N(CCS(C)(=O)=O)CC(O)c1ccc(F)cc1F. The Morgan fingerprint density at radius 2 is 1.86 bits per heavy atom. The molecule has 0 spiro atoms. The van der Waals surface area contributed by atoms with Crippen molar-refractivity contribution in [3.8, 4) is 0 Å². The Bertz CT molecular complexity index is 612. The summed E-state index contributed by atoms with van der Waals surface area (Å²) >= 11 is 0. The number of nitrogens with zero attached hydrogens (tertiary/aromatic N) is 1. The molecule has 0 amide bonds. The van der Waals surface area contributed by atoms with E-state index in [0.29, 0.717) is 0 Å². The lowest BCUT2D eigenvalue weighted by molar-refractivity contribution is 0.0612. The van der Waals surface area contributed by atoms with Crippen LogP contribution in [0.2, 0.25) is 0 Å². The van der Waals surface area contributed by atoms with E-state index in [2.05, 4.69) is 0 Å². The number of benzene rings is 1. The molecule has 7 heteroatoms. The van der Waals surface area contributed by atoms with Crippen LogP contribution in [0.15, 0.2) is 18.2 Å². The zero-order valence-electron chi connectivity index (χ0n) is 13.3. The van der Waals surface area contributed by atoms with Crippen LogP contribution < -0.4 is 0 Å². The van der Waals surface area contributed by atoms with Crippen LogP contribution in [-0.4, -0.2) is 49.1 Å². The molecule has 1 atom stereocenters. The molecule has 0 heterocycles. The zero-order valence-corrected chi connectivity index (χ0v) is 14.1. The third-order valence-corrected chi connectivity index (χ3v) is 4.32. The minimum absolute atomic E-state index is 0.00462. The van der Waals surface area contributed by atoms with Gasteiger partial charge in [-0.1, -0.05) is 6.07 Å². The highest BCUT2D eigenvalue weighted by Crippen LogP contribution is 2.22. The van der Waals surface area contributed by atoms with Gasteiger partial charge >= 0.3 is 0 Å². The molecule has 0 aliphatic rings. The molecule has 0 saturated heterocycles. The molecule has 0 saturated carbocycles. The molecule has 4 nitrogen and oxygen atoms in total. The average molecular weight is 335 g/mol. The number of sulfone groups is 1. The average Bonchev–Trinajstić information content (AvgIpc) is 2.31.